The van der Waals surface area contributed by atoms with Gasteiger partial charge in [0.25, 0.3) is 0 Å². The molecule has 6 heteroatoms. The van der Waals surface area contributed by atoms with Crippen LogP contribution in [0.4, 0.5) is 0 Å². The van der Waals surface area contributed by atoms with Gasteiger partial charge >= 0.3 is 5.97 Å². The third-order valence-corrected chi connectivity index (χ3v) is 3.64. The number of rotatable bonds is 5. The van der Waals surface area contributed by atoms with Crippen LogP contribution < -0.4 is 5.32 Å². The molecule has 6 nitrogen and oxygen atoms in total. The number of carbonyl (C=O) groups is 3. The number of hydrogen-bond acceptors (Lipinski definition) is 4. The van der Waals surface area contributed by atoms with Crippen molar-refractivity contribution in [1.29, 1.82) is 0 Å². The highest BCUT2D eigenvalue weighted by molar-refractivity contribution is 5.87. The second-order valence-corrected chi connectivity index (χ2v) is 5.80. The summed E-state index contributed by atoms with van der Waals surface area (Å²) in [6, 6.07) is -0.538. The maximum Gasteiger partial charge on any atom is 0.310 e. The van der Waals surface area contributed by atoms with Crippen molar-refractivity contribution < 1.29 is 19.1 Å². The monoisotopic (exact) mass is 298 g/mol. The molecule has 120 valence electrons. The van der Waals surface area contributed by atoms with Gasteiger partial charge in [0.1, 0.15) is 6.04 Å². The molecule has 1 aliphatic heterocycles. The highest BCUT2D eigenvalue weighted by atomic mass is 16.5. The molecule has 0 aromatic rings. The van der Waals surface area contributed by atoms with E-state index in [2.05, 4.69) is 5.32 Å². The number of nitrogens with one attached hydrogen (secondary N) is 1. The molecule has 0 radical (unpaired) electrons. The standard InChI is InChI=1S/C15H26N2O4/c1-5-21-15(20)12-7-6-8-17(9-12)14(19)13(10(2)3)16-11(4)18/h10,12-13H,5-9H2,1-4H3,(H,16,18). The second-order valence-electron chi connectivity index (χ2n) is 5.80. The molecule has 1 rings (SSSR count). The zero-order chi connectivity index (χ0) is 16.0. The van der Waals surface area contributed by atoms with Crippen LogP contribution in [0.25, 0.3) is 0 Å². The topological polar surface area (TPSA) is 75.7 Å². The van der Waals surface area contributed by atoms with Gasteiger partial charge in [-0.05, 0) is 25.7 Å². The van der Waals surface area contributed by atoms with Crippen molar-refractivity contribution in [2.75, 3.05) is 19.7 Å². The predicted octanol–water partition coefficient (Wildman–Crippen LogP) is 0.949. The lowest BCUT2D eigenvalue weighted by Gasteiger charge is -2.35. The van der Waals surface area contributed by atoms with Crippen LogP contribution in [0.15, 0.2) is 0 Å². The maximum absolute atomic E-state index is 12.6. The molecule has 2 atom stereocenters. The quantitative estimate of drug-likeness (QED) is 0.767. The molecule has 2 unspecified atom stereocenters. The first-order valence-corrected chi connectivity index (χ1v) is 7.59. The van der Waals surface area contributed by atoms with Gasteiger partial charge < -0.3 is 15.0 Å². The van der Waals surface area contributed by atoms with Crippen LogP contribution >= 0.6 is 0 Å². The number of esters is 1. The highest BCUT2D eigenvalue weighted by Gasteiger charge is 2.33. The Labute approximate surface area is 126 Å². The van der Waals surface area contributed by atoms with E-state index in [9.17, 15) is 14.4 Å². The molecule has 2 amide bonds. The molecule has 1 heterocycles. The molecule has 0 aromatic heterocycles. The van der Waals surface area contributed by atoms with Crippen molar-refractivity contribution in [3.8, 4) is 0 Å². The molecule has 0 aliphatic carbocycles. The number of ether oxygens (including phenoxy) is 1. The van der Waals surface area contributed by atoms with E-state index in [1.807, 2.05) is 13.8 Å². The molecule has 1 saturated heterocycles. The lowest BCUT2D eigenvalue weighted by molar-refractivity contribution is -0.152. The zero-order valence-corrected chi connectivity index (χ0v) is 13.3. The van der Waals surface area contributed by atoms with Crippen molar-refractivity contribution in [3.05, 3.63) is 0 Å². The van der Waals surface area contributed by atoms with E-state index in [0.29, 0.717) is 19.7 Å². The third kappa shape index (κ3) is 5.02. The summed E-state index contributed by atoms with van der Waals surface area (Å²) in [6.07, 6.45) is 1.52. The normalized spacial score (nSPS) is 20.0. The van der Waals surface area contributed by atoms with Crippen molar-refractivity contribution in [2.45, 2.75) is 46.6 Å². The van der Waals surface area contributed by atoms with E-state index >= 15 is 0 Å². The Hall–Kier alpha value is -1.59. The van der Waals surface area contributed by atoms with Crippen LogP contribution in [0.3, 0.4) is 0 Å². The van der Waals surface area contributed by atoms with E-state index < -0.39 is 6.04 Å². The van der Waals surface area contributed by atoms with Gasteiger partial charge in [0, 0.05) is 20.0 Å². The molecular weight excluding hydrogens is 272 g/mol. The fraction of sp³-hybridized carbons (Fsp3) is 0.800. The molecular formula is C15H26N2O4. The van der Waals surface area contributed by atoms with E-state index in [4.69, 9.17) is 4.74 Å². The summed E-state index contributed by atoms with van der Waals surface area (Å²) in [7, 11) is 0. The molecule has 1 fully saturated rings. The second kappa shape index (κ2) is 8.00. The Morgan fingerprint density at radius 2 is 2.00 bits per heavy atom. The van der Waals surface area contributed by atoms with Gasteiger partial charge in [-0.1, -0.05) is 13.8 Å². The summed E-state index contributed by atoms with van der Waals surface area (Å²) in [4.78, 5) is 37.3. The summed E-state index contributed by atoms with van der Waals surface area (Å²) in [5.41, 5.74) is 0. The smallest absolute Gasteiger partial charge is 0.310 e. The van der Waals surface area contributed by atoms with Gasteiger partial charge in [-0.25, -0.2) is 0 Å². The van der Waals surface area contributed by atoms with E-state index in [0.717, 1.165) is 12.8 Å². The number of carbonyl (C=O) groups excluding carboxylic acids is 3. The van der Waals surface area contributed by atoms with Crippen molar-refractivity contribution in [1.82, 2.24) is 10.2 Å². The van der Waals surface area contributed by atoms with Crippen LogP contribution in [0.1, 0.15) is 40.5 Å². The minimum Gasteiger partial charge on any atom is -0.466 e. The number of hydrogen-bond donors (Lipinski definition) is 1. The molecule has 0 aromatic carbocycles. The molecule has 0 bridgehead atoms. The highest BCUT2D eigenvalue weighted by Crippen LogP contribution is 2.20. The van der Waals surface area contributed by atoms with E-state index in [1.165, 1.54) is 6.92 Å². The molecule has 1 N–H and O–H groups in total. The van der Waals surface area contributed by atoms with Crippen molar-refractivity contribution in [2.24, 2.45) is 11.8 Å². The minimum absolute atomic E-state index is 0.00405. The Balaban J connectivity index is 2.71. The number of likely N-dealkylation sites (tertiary alicyclic amines) is 1. The first-order chi connectivity index (χ1) is 9.86. The van der Waals surface area contributed by atoms with Gasteiger partial charge in [-0.3, -0.25) is 14.4 Å². The molecule has 0 saturated carbocycles. The average Bonchev–Trinajstić information content (AvgIpc) is 2.44. The Morgan fingerprint density at radius 1 is 1.33 bits per heavy atom. The summed E-state index contributed by atoms with van der Waals surface area (Å²) in [5, 5.41) is 2.70. The molecule has 21 heavy (non-hydrogen) atoms. The van der Waals surface area contributed by atoms with Crippen LogP contribution in [0.2, 0.25) is 0 Å². The summed E-state index contributed by atoms with van der Waals surface area (Å²) < 4.78 is 5.04. The van der Waals surface area contributed by atoms with Gasteiger partial charge in [0.15, 0.2) is 0 Å². The van der Waals surface area contributed by atoms with Crippen LogP contribution in [0, 0.1) is 11.8 Å². The Morgan fingerprint density at radius 3 is 2.52 bits per heavy atom. The average molecular weight is 298 g/mol. The lowest BCUT2D eigenvalue weighted by atomic mass is 9.95. The fourth-order valence-electron chi connectivity index (χ4n) is 2.56. The Bertz CT molecular complexity index is 395. The van der Waals surface area contributed by atoms with Gasteiger partial charge in [0.2, 0.25) is 11.8 Å². The van der Waals surface area contributed by atoms with E-state index in [1.54, 1.807) is 11.8 Å². The predicted molar refractivity (Wildman–Crippen MR) is 78.4 cm³/mol. The Kier molecular flexibility index (Phi) is 6.65. The van der Waals surface area contributed by atoms with Crippen LogP contribution in [0.5, 0.6) is 0 Å². The minimum atomic E-state index is -0.538. The summed E-state index contributed by atoms with van der Waals surface area (Å²) in [5.74, 6) is -0.831. The van der Waals surface area contributed by atoms with Crippen LogP contribution in [-0.4, -0.2) is 48.4 Å². The van der Waals surface area contributed by atoms with Gasteiger partial charge in [-0.15, -0.1) is 0 Å². The van der Waals surface area contributed by atoms with Crippen molar-refractivity contribution >= 4 is 17.8 Å². The summed E-state index contributed by atoms with van der Waals surface area (Å²) >= 11 is 0. The van der Waals surface area contributed by atoms with E-state index in [-0.39, 0.29) is 29.6 Å². The largest absolute Gasteiger partial charge is 0.466 e. The van der Waals surface area contributed by atoms with Gasteiger partial charge in [0.05, 0.1) is 12.5 Å². The SMILES string of the molecule is CCOC(=O)C1CCCN(C(=O)C(NC(C)=O)C(C)C)C1. The summed E-state index contributed by atoms with van der Waals surface area (Å²) in [6.45, 7) is 8.31. The third-order valence-electron chi connectivity index (χ3n) is 3.64. The first kappa shape index (κ1) is 17.5. The van der Waals surface area contributed by atoms with Crippen molar-refractivity contribution in [3.63, 3.8) is 0 Å². The maximum atomic E-state index is 12.6. The number of amides is 2. The zero-order valence-electron chi connectivity index (χ0n) is 13.3. The lowest BCUT2D eigenvalue weighted by Crippen LogP contribution is -2.53. The number of nitrogens with zero attached hydrogens (tertiary/aromatic N) is 1. The van der Waals surface area contributed by atoms with Gasteiger partial charge in [-0.2, -0.15) is 0 Å². The molecule has 1 aliphatic rings. The fourth-order valence-corrected chi connectivity index (χ4v) is 2.56. The number of piperidine rings is 1. The first-order valence-electron chi connectivity index (χ1n) is 7.59. The molecule has 0 spiro atoms. The van der Waals surface area contributed by atoms with Crippen LogP contribution in [-0.2, 0) is 19.1 Å².